The molecular formula is C16H22IN7S2. The first kappa shape index (κ1) is 20.9. The summed E-state index contributed by atoms with van der Waals surface area (Å²) in [7, 11) is 0. The van der Waals surface area contributed by atoms with Gasteiger partial charge in [-0.1, -0.05) is 17.8 Å². The summed E-state index contributed by atoms with van der Waals surface area (Å²) in [5.41, 5.74) is 0.838. The number of pyridine rings is 1. The number of aromatic nitrogens is 4. The van der Waals surface area contributed by atoms with Crippen LogP contribution >= 0.6 is 47.1 Å². The van der Waals surface area contributed by atoms with Crippen LogP contribution in [0.25, 0.3) is 5.65 Å². The van der Waals surface area contributed by atoms with E-state index in [1.165, 1.54) is 0 Å². The molecule has 0 fully saturated rings. The van der Waals surface area contributed by atoms with E-state index in [4.69, 9.17) is 0 Å². The number of halogens is 1. The number of aliphatic imine (C=N–C) groups is 1. The molecule has 3 rings (SSSR count). The molecule has 0 radical (unpaired) electrons. The molecule has 0 saturated carbocycles. The first-order valence-corrected chi connectivity index (χ1v) is 10.1. The number of fused-ring (bicyclic) bond motifs is 1. The monoisotopic (exact) mass is 503 g/mol. The smallest absolute Gasteiger partial charge is 0.191 e. The van der Waals surface area contributed by atoms with Crippen molar-refractivity contribution in [3.8, 4) is 0 Å². The summed E-state index contributed by atoms with van der Waals surface area (Å²) in [6.07, 6.45) is 4.84. The summed E-state index contributed by atoms with van der Waals surface area (Å²) in [5, 5.41) is 17.0. The molecule has 3 aromatic rings. The van der Waals surface area contributed by atoms with Gasteiger partial charge in [0.25, 0.3) is 0 Å². The van der Waals surface area contributed by atoms with E-state index in [1.807, 2.05) is 40.4 Å². The Morgan fingerprint density at radius 1 is 1.31 bits per heavy atom. The molecular weight excluding hydrogens is 481 g/mol. The lowest BCUT2D eigenvalue weighted by Crippen LogP contribution is -2.37. The Labute approximate surface area is 178 Å². The molecule has 26 heavy (non-hydrogen) atoms. The minimum atomic E-state index is 0. The molecule has 10 heteroatoms. The van der Waals surface area contributed by atoms with E-state index in [9.17, 15) is 0 Å². The average molecular weight is 503 g/mol. The summed E-state index contributed by atoms with van der Waals surface area (Å²) < 4.78 is 3.08. The normalized spacial score (nSPS) is 11.3. The third-order valence-corrected chi connectivity index (χ3v) is 5.41. The van der Waals surface area contributed by atoms with E-state index in [1.54, 1.807) is 23.1 Å². The maximum atomic E-state index is 4.61. The SMILES string of the molecule is CCNC(=NCc1nnc2ccccn12)NCCCSc1nccs1.I. The summed E-state index contributed by atoms with van der Waals surface area (Å²) in [6, 6.07) is 5.85. The van der Waals surface area contributed by atoms with E-state index < -0.39 is 0 Å². The highest BCUT2D eigenvalue weighted by Gasteiger charge is 2.04. The van der Waals surface area contributed by atoms with Crippen molar-refractivity contribution in [1.82, 2.24) is 30.2 Å². The Bertz CT molecular complexity index is 804. The summed E-state index contributed by atoms with van der Waals surface area (Å²) in [4.78, 5) is 8.88. The Balaban J connectivity index is 0.00000243. The van der Waals surface area contributed by atoms with Crippen LogP contribution in [-0.2, 0) is 6.54 Å². The van der Waals surface area contributed by atoms with Crippen LogP contribution in [0.5, 0.6) is 0 Å². The second-order valence-corrected chi connectivity index (χ2v) is 7.40. The summed E-state index contributed by atoms with van der Waals surface area (Å²) in [6.45, 7) is 4.22. The molecule has 2 N–H and O–H groups in total. The number of nitrogens with one attached hydrogen (secondary N) is 2. The van der Waals surface area contributed by atoms with Gasteiger partial charge in [0.2, 0.25) is 0 Å². The van der Waals surface area contributed by atoms with Crippen LogP contribution in [0.1, 0.15) is 19.2 Å². The Morgan fingerprint density at radius 2 is 2.23 bits per heavy atom. The lowest BCUT2D eigenvalue weighted by atomic mass is 10.4. The predicted octanol–water partition coefficient (Wildman–Crippen LogP) is 3.04. The van der Waals surface area contributed by atoms with E-state index in [-0.39, 0.29) is 24.0 Å². The van der Waals surface area contributed by atoms with Gasteiger partial charge in [-0.3, -0.25) is 4.40 Å². The molecule has 140 valence electrons. The number of rotatable bonds is 8. The van der Waals surface area contributed by atoms with Gasteiger partial charge in [-0.25, -0.2) is 9.98 Å². The summed E-state index contributed by atoms with van der Waals surface area (Å²) in [5.74, 6) is 2.66. The van der Waals surface area contributed by atoms with Crippen molar-refractivity contribution in [3.05, 3.63) is 41.8 Å². The maximum Gasteiger partial charge on any atom is 0.191 e. The minimum Gasteiger partial charge on any atom is -0.357 e. The Morgan fingerprint density at radius 3 is 3.04 bits per heavy atom. The van der Waals surface area contributed by atoms with Gasteiger partial charge in [0.1, 0.15) is 10.9 Å². The standard InChI is InChI=1S/C16H21N7S2.HI/c1-2-17-15(18-7-5-10-24-16-19-8-11-25-16)20-12-14-22-21-13-6-3-4-9-23(13)14;/h3-4,6,8-9,11H,2,5,7,10,12H2,1H3,(H2,17,18,20);1H. The third kappa shape index (κ3) is 6.09. The highest BCUT2D eigenvalue weighted by Crippen LogP contribution is 2.20. The molecule has 3 heterocycles. The zero-order valence-corrected chi connectivity index (χ0v) is 18.4. The fourth-order valence-electron chi connectivity index (χ4n) is 2.21. The topological polar surface area (TPSA) is 79.5 Å². The highest BCUT2D eigenvalue weighted by atomic mass is 127. The molecule has 0 atom stereocenters. The second-order valence-electron chi connectivity index (χ2n) is 5.17. The van der Waals surface area contributed by atoms with Gasteiger partial charge in [0.15, 0.2) is 17.4 Å². The zero-order chi connectivity index (χ0) is 17.3. The van der Waals surface area contributed by atoms with Crippen molar-refractivity contribution in [1.29, 1.82) is 0 Å². The van der Waals surface area contributed by atoms with Crippen LogP contribution in [0.2, 0.25) is 0 Å². The molecule has 0 amide bonds. The average Bonchev–Trinajstić information content (AvgIpc) is 3.29. The molecule has 0 aliphatic heterocycles. The van der Waals surface area contributed by atoms with Crippen LogP contribution in [0.4, 0.5) is 0 Å². The number of nitrogens with zero attached hydrogens (tertiary/aromatic N) is 5. The lowest BCUT2D eigenvalue weighted by Gasteiger charge is -2.10. The highest BCUT2D eigenvalue weighted by molar-refractivity contribution is 14.0. The van der Waals surface area contributed by atoms with Crippen molar-refractivity contribution in [2.75, 3.05) is 18.8 Å². The fraction of sp³-hybridized carbons (Fsp3) is 0.375. The number of hydrogen-bond donors (Lipinski definition) is 2. The molecule has 0 aliphatic rings. The number of thiazole rings is 1. The van der Waals surface area contributed by atoms with Gasteiger partial charge in [-0.05, 0) is 25.5 Å². The van der Waals surface area contributed by atoms with Crippen LogP contribution in [-0.4, -0.2) is 44.4 Å². The first-order chi connectivity index (χ1) is 12.4. The van der Waals surface area contributed by atoms with E-state index in [0.29, 0.717) is 6.54 Å². The number of guanidine groups is 1. The minimum absolute atomic E-state index is 0. The van der Waals surface area contributed by atoms with Gasteiger partial charge in [0, 0.05) is 36.6 Å². The molecule has 3 aromatic heterocycles. The third-order valence-electron chi connectivity index (χ3n) is 3.36. The summed E-state index contributed by atoms with van der Waals surface area (Å²) >= 11 is 3.47. The molecule has 7 nitrogen and oxygen atoms in total. The molecule has 0 spiro atoms. The first-order valence-electron chi connectivity index (χ1n) is 8.20. The largest absolute Gasteiger partial charge is 0.357 e. The number of thioether (sulfide) groups is 1. The van der Waals surface area contributed by atoms with Crippen molar-refractivity contribution in [2.24, 2.45) is 4.99 Å². The van der Waals surface area contributed by atoms with Crippen LogP contribution < -0.4 is 10.6 Å². The predicted molar refractivity (Wildman–Crippen MR) is 119 cm³/mol. The molecule has 0 aromatic carbocycles. The van der Waals surface area contributed by atoms with Crippen molar-refractivity contribution in [3.63, 3.8) is 0 Å². The fourth-order valence-corrected chi connectivity index (χ4v) is 3.86. The quantitative estimate of drug-likeness (QED) is 0.162. The Kier molecular flexibility index (Phi) is 9.12. The van der Waals surface area contributed by atoms with Crippen molar-refractivity contribution < 1.29 is 0 Å². The molecule has 0 bridgehead atoms. The van der Waals surface area contributed by atoms with E-state index >= 15 is 0 Å². The van der Waals surface area contributed by atoms with Gasteiger partial charge in [0.05, 0.1) is 0 Å². The second kappa shape index (κ2) is 11.3. The van der Waals surface area contributed by atoms with Gasteiger partial charge in [-0.2, -0.15) is 0 Å². The maximum absolute atomic E-state index is 4.61. The van der Waals surface area contributed by atoms with E-state index in [2.05, 4.69) is 37.7 Å². The molecule has 0 saturated heterocycles. The lowest BCUT2D eigenvalue weighted by molar-refractivity contribution is 0.779. The Hall–Kier alpha value is -1.40. The zero-order valence-electron chi connectivity index (χ0n) is 14.5. The van der Waals surface area contributed by atoms with Crippen molar-refractivity contribution in [2.45, 2.75) is 24.2 Å². The van der Waals surface area contributed by atoms with Crippen LogP contribution in [0.15, 0.2) is 45.3 Å². The van der Waals surface area contributed by atoms with Gasteiger partial charge >= 0.3 is 0 Å². The molecule has 0 aliphatic carbocycles. The number of hydrogen-bond acceptors (Lipinski definition) is 6. The van der Waals surface area contributed by atoms with Crippen molar-refractivity contribution >= 4 is 58.7 Å². The van der Waals surface area contributed by atoms with E-state index in [0.717, 1.165) is 47.0 Å². The van der Waals surface area contributed by atoms with Gasteiger partial charge < -0.3 is 10.6 Å². The molecule has 0 unspecified atom stereocenters. The van der Waals surface area contributed by atoms with Crippen LogP contribution in [0, 0.1) is 0 Å². The van der Waals surface area contributed by atoms with Gasteiger partial charge in [-0.15, -0.1) is 45.5 Å². The van der Waals surface area contributed by atoms with Crippen LogP contribution in [0.3, 0.4) is 0 Å².